The van der Waals surface area contributed by atoms with E-state index in [2.05, 4.69) is 4.98 Å². The molecule has 0 spiro atoms. The van der Waals surface area contributed by atoms with Crippen LogP contribution in [0, 0.1) is 6.92 Å². The van der Waals surface area contributed by atoms with Crippen LogP contribution in [0.4, 0.5) is 0 Å². The summed E-state index contributed by atoms with van der Waals surface area (Å²) in [6.45, 7) is 1.60. The van der Waals surface area contributed by atoms with Crippen molar-refractivity contribution >= 4 is 21.6 Å². The Labute approximate surface area is 72.3 Å². The predicted molar refractivity (Wildman–Crippen MR) is 48.8 cm³/mol. The molecule has 0 unspecified atom stereocenters. The standard InChI is InChI=1S/C8H7NO2S/c1-4-6(10)5-2-3-12-8(5)9-7(4)11/h2-3H,1H3,(H2,9,10,11). The molecule has 62 valence electrons. The van der Waals surface area contributed by atoms with Gasteiger partial charge in [0.15, 0.2) is 0 Å². The van der Waals surface area contributed by atoms with Gasteiger partial charge in [-0.1, -0.05) is 0 Å². The Balaban J connectivity index is 3.04. The van der Waals surface area contributed by atoms with Crippen molar-refractivity contribution < 1.29 is 5.11 Å². The van der Waals surface area contributed by atoms with Gasteiger partial charge in [-0.15, -0.1) is 11.3 Å². The number of nitrogens with one attached hydrogen (secondary N) is 1. The van der Waals surface area contributed by atoms with Crippen molar-refractivity contribution in [3.8, 4) is 5.75 Å². The van der Waals surface area contributed by atoms with Gasteiger partial charge in [-0.05, 0) is 18.4 Å². The van der Waals surface area contributed by atoms with Crippen LogP contribution in [-0.4, -0.2) is 10.1 Å². The third-order valence-corrected chi connectivity index (χ3v) is 2.67. The van der Waals surface area contributed by atoms with E-state index in [4.69, 9.17) is 0 Å². The molecule has 0 fully saturated rings. The summed E-state index contributed by atoms with van der Waals surface area (Å²) in [5.74, 6) is 0.0926. The molecular weight excluding hydrogens is 174 g/mol. The minimum Gasteiger partial charge on any atom is -0.507 e. The highest BCUT2D eigenvalue weighted by Gasteiger charge is 2.07. The quantitative estimate of drug-likeness (QED) is 0.648. The van der Waals surface area contributed by atoms with E-state index in [-0.39, 0.29) is 11.3 Å². The highest BCUT2D eigenvalue weighted by Crippen LogP contribution is 2.27. The molecule has 2 aromatic heterocycles. The summed E-state index contributed by atoms with van der Waals surface area (Å²) >= 11 is 1.41. The van der Waals surface area contributed by atoms with Crippen molar-refractivity contribution in [2.75, 3.05) is 0 Å². The average molecular weight is 181 g/mol. The summed E-state index contributed by atoms with van der Waals surface area (Å²) in [4.78, 5) is 14.5. The van der Waals surface area contributed by atoms with Crippen LogP contribution in [0.25, 0.3) is 10.2 Å². The molecule has 0 saturated heterocycles. The fourth-order valence-electron chi connectivity index (χ4n) is 1.10. The summed E-state index contributed by atoms with van der Waals surface area (Å²) in [5, 5.41) is 12.1. The van der Waals surface area contributed by atoms with E-state index >= 15 is 0 Å². The van der Waals surface area contributed by atoms with Crippen molar-refractivity contribution in [1.29, 1.82) is 0 Å². The minimum atomic E-state index is -0.220. The lowest BCUT2D eigenvalue weighted by Gasteiger charge is -1.97. The number of fused-ring (bicyclic) bond motifs is 1. The van der Waals surface area contributed by atoms with E-state index in [0.717, 1.165) is 10.2 Å². The number of pyridine rings is 1. The third-order valence-electron chi connectivity index (χ3n) is 1.84. The number of aromatic amines is 1. The first-order chi connectivity index (χ1) is 5.70. The number of aromatic hydroxyl groups is 1. The van der Waals surface area contributed by atoms with Gasteiger partial charge in [0.2, 0.25) is 0 Å². The lowest BCUT2D eigenvalue weighted by atomic mass is 10.2. The highest BCUT2D eigenvalue weighted by atomic mass is 32.1. The molecule has 0 aromatic carbocycles. The summed E-state index contributed by atoms with van der Waals surface area (Å²) in [6, 6.07) is 1.79. The van der Waals surface area contributed by atoms with Gasteiger partial charge in [-0.25, -0.2) is 0 Å². The number of rotatable bonds is 0. The monoisotopic (exact) mass is 181 g/mol. The first-order valence-electron chi connectivity index (χ1n) is 3.49. The first-order valence-corrected chi connectivity index (χ1v) is 4.37. The lowest BCUT2D eigenvalue weighted by molar-refractivity contribution is 0.476. The van der Waals surface area contributed by atoms with Crippen molar-refractivity contribution in [3.05, 3.63) is 27.4 Å². The highest BCUT2D eigenvalue weighted by molar-refractivity contribution is 7.16. The molecule has 12 heavy (non-hydrogen) atoms. The van der Waals surface area contributed by atoms with Crippen LogP contribution in [-0.2, 0) is 0 Å². The van der Waals surface area contributed by atoms with Crippen molar-refractivity contribution in [1.82, 2.24) is 4.98 Å². The molecule has 3 nitrogen and oxygen atoms in total. The zero-order chi connectivity index (χ0) is 8.72. The molecule has 2 N–H and O–H groups in total. The largest absolute Gasteiger partial charge is 0.507 e. The molecule has 0 aliphatic rings. The third kappa shape index (κ3) is 0.848. The van der Waals surface area contributed by atoms with E-state index in [1.54, 1.807) is 13.0 Å². The van der Waals surface area contributed by atoms with Gasteiger partial charge in [0, 0.05) is 0 Å². The Kier molecular flexibility index (Phi) is 1.44. The van der Waals surface area contributed by atoms with Crippen LogP contribution in [0.15, 0.2) is 16.2 Å². The first kappa shape index (κ1) is 7.36. The maximum absolute atomic E-state index is 11.1. The molecular formula is C8H7NO2S. The average Bonchev–Trinajstić information content (AvgIpc) is 2.48. The predicted octanol–water partition coefficient (Wildman–Crippen LogP) is 1.60. The molecule has 0 radical (unpaired) electrons. The van der Waals surface area contributed by atoms with Gasteiger partial charge in [-0.2, -0.15) is 0 Å². The number of thiophene rings is 1. The molecule has 0 bridgehead atoms. The smallest absolute Gasteiger partial charge is 0.255 e. The van der Waals surface area contributed by atoms with E-state index < -0.39 is 0 Å². The number of aromatic nitrogens is 1. The van der Waals surface area contributed by atoms with E-state index in [9.17, 15) is 9.90 Å². The molecule has 0 aliphatic heterocycles. The van der Waals surface area contributed by atoms with Crippen LogP contribution in [0.5, 0.6) is 5.75 Å². The Bertz CT molecular complexity index is 483. The Morgan fingerprint density at radius 2 is 2.33 bits per heavy atom. The molecule has 0 amide bonds. The van der Waals surface area contributed by atoms with Gasteiger partial charge >= 0.3 is 0 Å². The van der Waals surface area contributed by atoms with Gasteiger partial charge in [0.05, 0.1) is 10.9 Å². The normalized spacial score (nSPS) is 10.8. The number of hydrogen-bond donors (Lipinski definition) is 2. The fourth-order valence-corrected chi connectivity index (χ4v) is 1.88. The molecule has 4 heteroatoms. The molecule has 2 aromatic rings. The Morgan fingerprint density at radius 1 is 1.58 bits per heavy atom. The maximum atomic E-state index is 11.1. The maximum Gasteiger partial charge on any atom is 0.255 e. The van der Waals surface area contributed by atoms with Crippen LogP contribution < -0.4 is 5.56 Å². The zero-order valence-electron chi connectivity index (χ0n) is 6.42. The van der Waals surface area contributed by atoms with Crippen molar-refractivity contribution in [2.24, 2.45) is 0 Å². The number of hydrogen-bond acceptors (Lipinski definition) is 3. The minimum absolute atomic E-state index is 0.0926. The zero-order valence-corrected chi connectivity index (χ0v) is 7.23. The van der Waals surface area contributed by atoms with Gasteiger partial charge in [0.25, 0.3) is 5.56 Å². The summed E-state index contributed by atoms with van der Waals surface area (Å²) in [7, 11) is 0. The molecule has 0 atom stereocenters. The molecule has 0 saturated carbocycles. The number of H-pyrrole nitrogens is 1. The second kappa shape index (κ2) is 2.35. The Hall–Kier alpha value is -1.29. The summed E-state index contributed by atoms with van der Waals surface area (Å²) in [5.41, 5.74) is 0.156. The van der Waals surface area contributed by atoms with Crippen LogP contribution in [0.3, 0.4) is 0 Å². The van der Waals surface area contributed by atoms with Crippen molar-refractivity contribution in [2.45, 2.75) is 6.92 Å². The van der Waals surface area contributed by atoms with Crippen LogP contribution >= 0.6 is 11.3 Å². The Morgan fingerprint density at radius 3 is 3.08 bits per heavy atom. The SMILES string of the molecule is Cc1c(O)c2ccsc2[nH]c1=O. The van der Waals surface area contributed by atoms with Gasteiger partial charge in [-0.3, -0.25) is 4.79 Å². The van der Waals surface area contributed by atoms with Gasteiger partial charge < -0.3 is 10.1 Å². The van der Waals surface area contributed by atoms with Crippen LogP contribution in [0.1, 0.15) is 5.56 Å². The van der Waals surface area contributed by atoms with E-state index in [1.807, 2.05) is 5.38 Å². The van der Waals surface area contributed by atoms with Crippen molar-refractivity contribution in [3.63, 3.8) is 0 Å². The summed E-state index contributed by atoms with van der Waals surface area (Å²) < 4.78 is 0. The summed E-state index contributed by atoms with van der Waals surface area (Å²) in [6.07, 6.45) is 0. The lowest BCUT2D eigenvalue weighted by Crippen LogP contribution is -2.07. The van der Waals surface area contributed by atoms with Crippen LogP contribution in [0.2, 0.25) is 0 Å². The fraction of sp³-hybridized carbons (Fsp3) is 0.125. The molecule has 2 rings (SSSR count). The second-order valence-electron chi connectivity index (χ2n) is 2.59. The van der Waals surface area contributed by atoms with E-state index in [0.29, 0.717) is 5.56 Å². The topological polar surface area (TPSA) is 53.1 Å². The molecule has 2 heterocycles. The van der Waals surface area contributed by atoms with Gasteiger partial charge in [0.1, 0.15) is 10.6 Å². The van der Waals surface area contributed by atoms with E-state index in [1.165, 1.54) is 11.3 Å². The molecule has 0 aliphatic carbocycles. The second-order valence-corrected chi connectivity index (χ2v) is 3.51.